The van der Waals surface area contributed by atoms with E-state index in [0.717, 1.165) is 42.1 Å². The second kappa shape index (κ2) is 8.96. The van der Waals surface area contributed by atoms with E-state index in [1.807, 2.05) is 60.7 Å². The van der Waals surface area contributed by atoms with Gasteiger partial charge in [0.05, 0.1) is 11.4 Å². The third-order valence-corrected chi connectivity index (χ3v) is 3.52. The van der Waals surface area contributed by atoms with Gasteiger partial charge in [0.1, 0.15) is 0 Å². The molecule has 124 valence electrons. The summed E-state index contributed by atoms with van der Waals surface area (Å²) in [4.78, 5) is 12.1. The van der Waals surface area contributed by atoms with Crippen LogP contribution < -0.4 is 10.6 Å². The molecule has 0 aromatic heterocycles. The third kappa shape index (κ3) is 5.01. The minimum absolute atomic E-state index is 0. The van der Waals surface area contributed by atoms with Crippen molar-refractivity contribution in [1.29, 1.82) is 0 Å². The van der Waals surface area contributed by atoms with Crippen LogP contribution in [0.3, 0.4) is 0 Å². The van der Waals surface area contributed by atoms with E-state index in [1.54, 1.807) is 0 Å². The summed E-state index contributed by atoms with van der Waals surface area (Å²) in [6.07, 6.45) is 2.69. The molecule has 0 bridgehead atoms. The summed E-state index contributed by atoms with van der Waals surface area (Å²) in [6.45, 7) is 1.60. The van der Waals surface area contributed by atoms with Crippen molar-refractivity contribution in [3.05, 3.63) is 66.2 Å². The smallest absolute Gasteiger partial charge is 0.251 e. The molecule has 0 spiro atoms. The van der Waals surface area contributed by atoms with E-state index in [9.17, 15) is 4.79 Å². The number of rotatable bonds is 4. The molecule has 1 heterocycles. The Kier molecular flexibility index (Phi) is 6.66. The highest BCUT2D eigenvalue weighted by molar-refractivity contribution is 6.03. The zero-order chi connectivity index (χ0) is 15.9. The molecule has 5 nitrogen and oxygen atoms in total. The minimum Gasteiger partial charge on any atom is -0.322 e. The van der Waals surface area contributed by atoms with Gasteiger partial charge in [-0.15, -0.1) is 12.4 Å². The Morgan fingerprint density at radius 1 is 0.958 bits per heavy atom. The second-order valence-electron chi connectivity index (χ2n) is 5.22. The van der Waals surface area contributed by atoms with E-state index in [2.05, 4.69) is 20.9 Å². The van der Waals surface area contributed by atoms with Crippen molar-refractivity contribution >= 4 is 35.4 Å². The molecule has 2 aromatic rings. The second-order valence-corrected chi connectivity index (χ2v) is 5.22. The summed E-state index contributed by atoms with van der Waals surface area (Å²) in [7, 11) is 0. The third-order valence-electron chi connectivity index (χ3n) is 3.52. The lowest BCUT2D eigenvalue weighted by atomic mass is 10.1. The van der Waals surface area contributed by atoms with Crippen LogP contribution in [-0.2, 0) is 4.79 Å². The first-order valence-electron chi connectivity index (χ1n) is 7.59. The molecule has 0 unspecified atom stereocenters. The van der Waals surface area contributed by atoms with E-state index in [1.165, 1.54) is 0 Å². The van der Waals surface area contributed by atoms with Crippen LogP contribution in [0.2, 0.25) is 0 Å². The van der Waals surface area contributed by atoms with E-state index in [-0.39, 0.29) is 18.3 Å². The summed E-state index contributed by atoms with van der Waals surface area (Å²) in [5, 5.41) is 14.4. The van der Waals surface area contributed by atoms with Gasteiger partial charge in [0.15, 0.2) is 0 Å². The molecular formula is C18H19ClN4O. The fourth-order valence-electron chi connectivity index (χ4n) is 2.26. The van der Waals surface area contributed by atoms with Gasteiger partial charge >= 0.3 is 0 Å². The van der Waals surface area contributed by atoms with E-state index in [4.69, 9.17) is 0 Å². The molecule has 24 heavy (non-hydrogen) atoms. The number of carbonyl (C=O) groups is 1. The van der Waals surface area contributed by atoms with E-state index in [0.29, 0.717) is 0 Å². The summed E-state index contributed by atoms with van der Waals surface area (Å²) in [5.74, 6) is -0.0369. The summed E-state index contributed by atoms with van der Waals surface area (Å²) in [5.41, 5.74) is 3.14. The van der Waals surface area contributed by atoms with Crippen LogP contribution >= 0.6 is 12.4 Å². The maximum Gasteiger partial charge on any atom is 0.251 e. The minimum atomic E-state index is -0.0369. The van der Waals surface area contributed by atoms with Crippen molar-refractivity contribution in [3.63, 3.8) is 0 Å². The average Bonchev–Trinajstić information content (AvgIpc) is 2.63. The Hall–Kier alpha value is -2.50. The van der Waals surface area contributed by atoms with Crippen molar-refractivity contribution in [3.8, 4) is 0 Å². The van der Waals surface area contributed by atoms with E-state index < -0.39 is 0 Å². The maximum absolute atomic E-state index is 12.1. The van der Waals surface area contributed by atoms with Crippen molar-refractivity contribution in [2.75, 3.05) is 18.4 Å². The molecule has 0 fully saturated rings. The molecule has 1 amide bonds. The summed E-state index contributed by atoms with van der Waals surface area (Å²) >= 11 is 0. The average molecular weight is 343 g/mol. The molecule has 0 aliphatic carbocycles. The molecule has 1 aliphatic rings. The first-order valence-corrected chi connectivity index (χ1v) is 7.59. The first-order chi connectivity index (χ1) is 11.3. The molecule has 0 saturated heterocycles. The van der Waals surface area contributed by atoms with Crippen LogP contribution in [0.25, 0.3) is 0 Å². The van der Waals surface area contributed by atoms with Gasteiger partial charge in [-0.05, 0) is 49.4 Å². The topological polar surface area (TPSA) is 65.8 Å². The molecule has 0 saturated carbocycles. The van der Waals surface area contributed by atoms with Crippen LogP contribution in [0.15, 0.2) is 76.5 Å². The molecule has 0 radical (unpaired) electrons. The SMILES string of the molecule is Cl.O=C(Nc1ccc(N=Nc2ccccc2)cc1)C1=CCNCC1. The largest absolute Gasteiger partial charge is 0.322 e. The highest BCUT2D eigenvalue weighted by atomic mass is 35.5. The van der Waals surface area contributed by atoms with Crippen LogP contribution in [0.1, 0.15) is 6.42 Å². The number of carbonyl (C=O) groups excluding carboxylic acids is 1. The van der Waals surface area contributed by atoms with Crippen LogP contribution in [0.5, 0.6) is 0 Å². The lowest BCUT2D eigenvalue weighted by Gasteiger charge is -2.13. The van der Waals surface area contributed by atoms with Gasteiger partial charge < -0.3 is 10.6 Å². The Balaban J connectivity index is 0.00000208. The molecule has 2 aromatic carbocycles. The van der Waals surface area contributed by atoms with E-state index >= 15 is 0 Å². The van der Waals surface area contributed by atoms with Crippen LogP contribution in [0, 0.1) is 0 Å². The van der Waals surface area contributed by atoms with Gasteiger partial charge in [-0.25, -0.2) is 0 Å². The number of hydrogen-bond acceptors (Lipinski definition) is 4. The number of azo groups is 1. The number of halogens is 1. The van der Waals surface area contributed by atoms with Crippen LogP contribution in [0.4, 0.5) is 17.1 Å². The zero-order valence-electron chi connectivity index (χ0n) is 13.1. The Bertz CT molecular complexity index is 726. The molecule has 1 aliphatic heterocycles. The normalized spacial score (nSPS) is 13.9. The number of benzene rings is 2. The predicted octanol–water partition coefficient (Wildman–Crippen LogP) is 4.38. The van der Waals surface area contributed by atoms with Gasteiger partial charge in [-0.2, -0.15) is 10.2 Å². The highest BCUT2D eigenvalue weighted by Gasteiger charge is 2.11. The van der Waals surface area contributed by atoms with Gasteiger partial charge in [0.25, 0.3) is 5.91 Å². The highest BCUT2D eigenvalue weighted by Crippen LogP contribution is 2.20. The van der Waals surface area contributed by atoms with Gasteiger partial charge in [0.2, 0.25) is 0 Å². The number of hydrogen-bond donors (Lipinski definition) is 2. The monoisotopic (exact) mass is 342 g/mol. The predicted molar refractivity (Wildman–Crippen MR) is 98.5 cm³/mol. The first kappa shape index (κ1) is 17.8. The molecule has 0 atom stereocenters. The lowest BCUT2D eigenvalue weighted by Crippen LogP contribution is -2.26. The maximum atomic E-state index is 12.1. The number of anilines is 1. The quantitative estimate of drug-likeness (QED) is 0.809. The standard InChI is InChI=1S/C18H18N4O.ClH/c23-18(14-10-12-19-13-11-14)20-15-6-8-17(9-7-15)22-21-16-4-2-1-3-5-16;/h1-10,19H,11-13H2,(H,20,23);1H. The Morgan fingerprint density at radius 3 is 2.25 bits per heavy atom. The Labute approximate surface area is 147 Å². The van der Waals surface area contributed by atoms with Gasteiger partial charge in [0, 0.05) is 17.8 Å². The molecule has 3 rings (SSSR count). The molecular weight excluding hydrogens is 324 g/mol. The van der Waals surface area contributed by atoms with Crippen molar-refractivity contribution in [1.82, 2.24) is 5.32 Å². The molecule has 6 heteroatoms. The van der Waals surface area contributed by atoms with Crippen molar-refractivity contribution in [2.45, 2.75) is 6.42 Å². The zero-order valence-corrected chi connectivity index (χ0v) is 13.9. The summed E-state index contributed by atoms with van der Waals surface area (Å²) in [6, 6.07) is 16.9. The number of amides is 1. The summed E-state index contributed by atoms with van der Waals surface area (Å²) < 4.78 is 0. The fraction of sp³-hybridized carbons (Fsp3) is 0.167. The van der Waals surface area contributed by atoms with Crippen molar-refractivity contribution in [2.24, 2.45) is 10.2 Å². The van der Waals surface area contributed by atoms with Crippen LogP contribution in [-0.4, -0.2) is 19.0 Å². The number of nitrogens with one attached hydrogen (secondary N) is 2. The number of nitrogens with zero attached hydrogens (tertiary/aromatic N) is 2. The Morgan fingerprint density at radius 2 is 1.62 bits per heavy atom. The fourth-order valence-corrected chi connectivity index (χ4v) is 2.26. The van der Waals surface area contributed by atoms with Gasteiger partial charge in [-0.1, -0.05) is 24.3 Å². The lowest BCUT2D eigenvalue weighted by molar-refractivity contribution is -0.113. The van der Waals surface area contributed by atoms with Gasteiger partial charge in [-0.3, -0.25) is 4.79 Å². The molecule has 2 N–H and O–H groups in total. The van der Waals surface area contributed by atoms with Crippen molar-refractivity contribution < 1.29 is 4.79 Å².